The first kappa shape index (κ1) is 21.1. The molecular weight excluding hydrogens is 347 g/mol. The summed E-state index contributed by atoms with van der Waals surface area (Å²) in [5.41, 5.74) is 8.22. The number of ether oxygens (including phenoxy) is 1. The van der Waals surface area contributed by atoms with E-state index in [0.717, 1.165) is 18.5 Å². The first-order chi connectivity index (χ1) is 12.2. The van der Waals surface area contributed by atoms with Crippen LogP contribution < -0.4 is 5.32 Å². The Morgan fingerprint density at radius 1 is 1.42 bits per heavy atom. The van der Waals surface area contributed by atoms with Crippen LogP contribution in [0.25, 0.3) is 5.53 Å². The Kier molecular flexibility index (Phi) is 8.20. The number of rotatable bonds is 9. The third kappa shape index (κ3) is 6.88. The summed E-state index contributed by atoms with van der Waals surface area (Å²) >= 11 is 0. The summed E-state index contributed by atoms with van der Waals surface area (Å²) in [6.07, 6.45) is 0.105. The van der Waals surface area contributed by atoms with Gasteiger partial charge in [0, 0.05) is 18.2 Å². The van der Waals surface area contributed by atoms with Crippen LogP contribution in [-0.2, 0) is 19.1 Å². The Bertz CT molecular complexity index is 718. The highest BCUT2D eigenvalue weighted by molar-refractivity contribution is 6.25. The van der Waals surface area contributed by atoms with Crippen molar-refractivity contribution in [3.8, 4) is 0 Å². The van der Waals surface area contributed by atoms with Crippen LogP contribution in [0.1, 0.15) is 38.4 Å². The Morgan fingerprint density at radius 2 is 2.12 bits per heavy atom. The third-order valence-electron chi connectivity index (χ3n) is 3.12. The maximum atomic E-state index is 13.2. The van der Waals surface area contributed by atoms with E-state index in [1.165, 1.54) is 0 Å². The second kappa shape index (κ2) is 10.1. The fourth-order valence-corrected chi connectivity index (χ4v) is 1.96. The molecule has 1 aromatic rings. The standard InChI is InChI=1S/C16H19FN4O5/c1-9(2)26-16(25)13(4-3-12(22)8-20-18)21-15(24)14(23)10-5-11(17)7-19-6-10/h5-9,13-14,23H,3-4H2,1-2H3,(H,21,24)/t13-,14-/m0/s1. The molecule has 9 nitrogen and oxygen atoms in total. The molecule has 140 valence electrons. The van der Waals surface area contributed by atoms with Gasteiger partial charge in [0.15, 0.2) is 6.10 Å². The zero-order valence-corrected chi connectivity index (χ0v) is 14.3. The van der Waals surface area contributed by atoms with E-state index in [1.54, 1.807) is 13.8 Å². The maximum absolute atomic E-state index is 13.2. The minimum absolute atomic E-state index is 0.0954. The molecule has 0 bridgehead atoms. The van der Waals surface area contributed by atoms with E-state index < -0.39 is 41.7 Å². The number of carbonyl (C=O) groups is 3. The number of esters is 1. The Morgan fingerprint density at radius 3 is 2.69 bits per heavy atom. The lowest BCUT2D eigenvalue weighted by Crippen LogP contribution is -2.44. The maximum Gasteiger partial charge on any atom is 0.328 e. The van der Waals surface area contributed by atoms with Crippen molar-refractivity contribution in [2.45, 2.75) is 44.9 Å². The number of hydrogen-bond donors (Lipinski definition) is 2. The SMILES string of the molecule is CC(C)OC(=O)[C@H](CCC(=O)C=[N+]=[N-])NC(=O)[C@@H](O)c1cncc(F)c1. The molecule has 0 saturated heterocycles. The molecule has 0 aromatic carbocycles. The molecule has 0 radical (unpaired) electrons. The third-order valence-corrected chi connectivity index (χ3v) is 3.12. The number of aliphatic hydroxyl groups excluding tert-OH is 1. The van der Waals surface area contributed by atoms with E-state index in [2.05, 4.69) is 15.1 Å². The summed E-state index contributed by atoms with van der Waals surface area (Å²) < 4.78 is 18.2. The first-order valence-corrected chi connectivity index (χ1v) is 7.74. The van der Waals surface area contributed by atoms with Gasteiger partial charge in [-0.05, 0) is 26.3 Å². The molecule has 0 unspecified atom stereocenters. The van der Waals surface area contributed by atoms with Gasteiger partial charge in [-0.2, -0.15) is 4.79 Å². The fraction of sp³-hybridized carbons (Fsp3) is 0.438. The molecule has 0 fully saturated rings. The zero-order chi connectivity index (χ0) is 19.7. The van der Waals surface area contributed by atoms with Crippen molar-refractivity contribution < 1.29 is 33.4 Å². The summed E-state index contributed by atoms with van der Waals surface area (Å²) in [5.74, 6) is -3.09. The summed E-state index contributed by atoms with van der Waals surface area (Å²) in [6, 6.07) is -0.294. The van der Waals surface area contributed by atoms with E-state index in [4.69, 9.17) is 10.3 Å². The molecule has 26 heavy (non-hydrogen) atoms. The van der Waals surface area contributed by atoms with Gasteiger partial charge in [0.25, 0.3) is 5.91 Å². The fourth-order valence-electron chi connectivity index (χ4n) is 1.96. The van der Waals surface area contributed by atoms with Crippen molar-refractivity contribution in [1.29, 1.82) is 0 Å². The van der Waals surface area contributed by atoms with Crippen molar-refractivity contribution in [3.63, 3.8) is 0 Å². The number of aromatic nitrogens is 1. The van der Waals surface area contributed by atoms with Crippen LogP contribution in [0.3, 0.4) is 0 Å². The van der Waals surface area contributed by atoms with Crippen molar-refractivity contribution in [3.05, 3.63) is 35.4 Å². The van der Waals surface area contributed by atoms with Crippen LogP contribution >= 0.6 is 0 Å². The second-order valence-electron chi connectivity index (χ2n) is 5.64. The number of Topliss-reactive ketones (excluding diaryl/α,β-unsaturated/α-hetero) is 1. The average Bonchev–Trinajstić information content (AvgIpc) is 2.57. The number of ketones is 1. The van der Waals surface area contributed by atoms with Gasteiger partial charge in [-0.25, -0.2) is 9.18 Å². The second-order valence-corrected chi connectivity index (χ2v) is 5.64. The van der Waals surface area contributed by atoms with Gasteiger partial charge in [-0.3, -0.25) is 14.6 Å². The molecule has 1 amide bonds. The highest BCUT2D eigenvalue weighted by Crippen LogP contribution is 2.14. The average molecular weight is 366 g/mol. The van der Waals surface area contributed by atoms with Gasteiger partial charge in [0.1, 0.15) is 11.9 Å². The molecule has 0 spiro atoms. The molecule has 0 aliphatic rings. The Hall–Kier alpha value is -2.97. The molecule has 0 aliphatic carbocycles. The van der Waals surface area contributed by atoms with Crippen molar-refractivity contribution >= 4 is 23.9 Å². The number of nitrogens with zero attached hydrogens (tertiary/aromatic N) is 3. The Labute approximate surface area is 148 Å². The minimum atomic E-state index is -1.76. The Balaban J connectivity index is 2.85. The van der Waals surface area contributed by atoms with Crippen molar-refractivity contribution in [2.24, 2.45) is 0 Å². The lowest BCUT2D eigenvalue weighted by molar-refractivity contribution is -0.152. The summed E-state index contributed by atoms with van der Waals surface area (Å²) in [6.45, 7) is 3.21. The summed E-state index contributed by atoms with van der Waals surface area (Å²) in [7, 11) is 0. The van der Waals surface area contributed by atoms with Crippen LogP contribution in [0.5, 0.6) is 0 Å². The number of carbonyl (C=O) groups excluding carboxylic acids is 3. The highest BCUT2D eigenvalue weighted by Gasteiger charge is 2.28. The normalized spacial score (nSPS) is 12.7. The summed E-state index contributed by atoms with van der Waals surface area (Å²) in [4.78, 5) is 41.8. The van der Waals surface area contributed by atoms with Crippen LogP contribution in [0.15, 0.2) is 18.5 Å². The lowest BCUT2D eigenvalue weighted by atomic mass is 10.1. The number of nitrogens with one attached hydrogen (secondary N) is 1. The molecule has 10 heteroatoms. The van der Waals surface area contributed by atoms with Gasteiger partial charge in [-0.15, -0.1) is 0 Å². The highest BCUT2D eigenvalue weighted by atomic mass is 19.1. The number of hydrogen-bond acceptors (Lipinski definition) is 6. The van der Waals surface area contributed by atoms with E-state index in [1.807, 2.05) is 0 Å². The zero-order valence-electron chi connectivity index (χ0n) is 14.3. The molecular formula is C16H19FN4O5. The van der Waals surface area contributed by atoms with Gasteiger partial charge in [0.2, 0.25) is 5.78 Å². The topological polar surface area (TPSA) is 142 Å². The van der Waals surface area contributed by atoms with Crippen LogP contribution in [0.2, 0.25) is 0 Å². The smallest absolute Gasteiger partial charge is 0.328 e. The van der Waals surface area contributed by atoms with Crippen LogP contribution in [0.4, 0.5) is 4.39 Å². The van der Waals surface area contributed by atoms with Gasteiger partial charge < -0.3 is 20.7 Å². The molecule has 2 atom stereocenters. The first-order valence-electron chi connectivity index (χ1n) is 7.74. The van der Waals surface area contributed by atoms with E-state index in [-0.39, 0.29) is 18.4 Å². The van der Waals surface area contributed by atoms with Crippen LogP contribution in [-0.4, -0.2) is 50.9 Å². The summed E-state index contributed by atoms with van der Waals surface area (Å²) in [5, 5.41) is 12.3. The van der Waals surface area contributed by atoms with Crippen molar-refractivity contribution in [2.75, 3.05) is 0 Å². The minimum Gasteiger partial charge on any atom is -0.461 e. The molecule has 1 rings (SSSR count). The molecule has 1 aromatic heterocycles. The van der Waals surface area contributed by atoms with Crippen LogP contribution in [0, 0.1) is 5.82 Å². The van der Waals surface area contributed by atoms with Gasteiger partial charge >= 0.3 is 12.2 Å². The predicted octanol–water partition coefficient (Wildman–Crippen LogP) is 0.340. The molecule has 1 heterocycles. The van der Waals surface area contributed by atoms with E-state index >= 15 is 0 Å². The van der Waals surface area contributed by atoms with E-state index in [9.17, 15) is 23.9 Å². The van der Waals surface area contributed by atoms with Gasteiger partial charge in [-0.1, -0.05) is 0 Å². The largest absolute Gasteiger partial charge is 0.461 e. The molecule has 2 N–H and O–H groups in total. The monoisotopic (exact) mass is 366 g/mol. The molecule has 0 aliphatic heterocycles. The number of halogens is 1. The lowest BCUT2D eigenvalue weighted by Gasteiger charge is -2.20. The number of amides is 1. The molecule has 0 saturated carbocycles. The quantitative estimate of drug-likeness (QED) is 0.279. The van der Waals surface area contributed by atoms with Crippen molar-refractivity contribution in [1.82, 2.24) is 10.3 Å². The number of aliphatic hydroxyl groups is 1. The predicted molar refractivity (Wildman–Crippen MR) is 86.2 cm³/mol. The van der Waals surface area contributed by atoms with E-state index in [0.29, 0.717) is 6.21 Å². The van der Waals surface area contributed by atoms with Gasteiger partial charge in [0.05, 0.1) is 12.3 Å². The number of pyridine rings is 1.